The van der Waals surface area contributed by atoms with E-state index in [0.29, 0.717) is 36.2 Å². The van der Waals surface area contributed by atoms with Crippen molar-refractivity contribution in [1.29, 1.82) is 0 Å². The van der Waals surface area contributed by atoms with E-state index in [0.717, 1.165) is 11.1 Å². The Hall–Kier alpha value is -2.95. The molecule has 1 aliphatic heterocycles. The van der Waals surface area contributed by atoms with Gasteiger partial charge < -0.3 is 9.88 Å². The smallest absolute Gasteiger partial charge is 0.258 e. The summed E-state index contributed by atoms with van der Waals surface area (Å²) in [6.45, 7) is 3.12. The molecule has 3 aromatic rings. The van der Waals surface area contributed by atoms with Gasteiger partial charge >= 0.3 is 0 Å². The Kier molecular flexibility index (Phi) is 3.84. The third-order valence-corrected chi connectivity index (χ3v) is 4.70. The van der Waals surface area contributed by atoms with E-state index < -0.39 is 0 Å². The van der Waals surface area contributed by atoms with E-state index in [1.165, 1.54) is 0 Å². The van der Waals surface area contributed by atoms with Crippen molar-refractivity contribution in [3.8, 4) is 0 Å². The largest absolute Gasteiger partial charge is 0.338 e. The van der Waals surface area contributed by atoms with Gasteiger partial charge in [0.05, 0.1) is 10.9 Å². The number of carbonyl (C=O) groups is 1. The molecule has 1 aromatic heterocycles. The lowest BCUT2D eigenvalue weighted by atomic mass is 10.1. The van der Waals surface area contributed by atoms with E-state index in [1.807, 2.05) is 60.4 Å². The van der Waals surface area contributed by atoms with Crippen molar-refractivity contribution < 1.29 is 4.79 Å². The van der Waals surface area contributed by atoms with Crippen molar-refractivity contribution >= 4 is 16.8 Å². The molecule has 5 nitrogen and oxygen atoms in total. The number of nitrogens with zero attached hydrogens (tertiary/aromatic N) is 2. The fraction of sp³-hybridized carbons (Fsp3) is 0.250. The summed E-state index contributed by atoms with van der Waals surface area (Å²) in [4.78, 5) is 34.0. The molecule has 5 heteroatoms. The Bertz CT molecular complexity index is 995. The van der Waals surface area contributed by atoms with Gasteiger partial charge in [-0.05, 0) is 24.6 Å². The van der Waals surface area contributed by atoms with Crippen LogP contribution in [0.2, 0.25) is 0 Å². The predicted octanol–water partition coefficient (Wildman–Crippen LogP) is 2.75. The van der Waals surface area contributed by atoms with E-state index in [9.17, 15) is 9.59 Å². The number of carbonyl (C=O) groups excluding carboxylic acids is 1. The molecule has 1 fully saturated rings. The molecular weight excluding hydrogens is 314 g/mol. The standard InChI is InChI=1S/C20H19N3O2/c1-13-7-8-17-16(9-13)20(25)22-19(21-17)15-10-18(24)23(12-15)11-14-5-3-2-4-6-14/h2-9,15H,10-12H2,1H3,(H,21,22,25)/t15-/m0/s1. The first kappa shape index (κ1) is 15.6. The lowest BCUT2D eigenvalue weighted by molar-refractivity contribution is -0.128. The highest BCUT2D eigenvalue weighted by Crippen LogP contribution is 2.27. The highest BCUT2D eigenvalue weighted by atomic mass is 16.2. The molecule has 0 aliphatic carbocycles. The topological polar surface area (TPSA) is 66.1 Å². The second kappa shape index (κ2) is 6.16. The third kappa shape index (κ3) is 3.05. The quantitative estimate of drug-likeness (QED) is 0.801. The van der Waals surface area contributed by atoms with Crippen LogP contribution in [-0.4, -0.2) is 27.3 Å². The molecule has 1 amide bonds. The first-order chi connectivity index (χ1) is 12.1. The number of fused-ring (bicyclic) bond motifs is 1. The Balaban J connectivity index is 1.60. The number of H-pyrrole nitrogens is 1. The van der Waals surface area contributed by atoms with E-state index in [1.54, 1.807) is 0 Å². The van der Waals surface area contributed by atoms with Crippen molar-refractivity contribution in [3.05, 3.63) is 75.8 Å². The van der Waals surface area contributed by atoms with Gasteiger partial charge in [0.2, 0.25) is 5.91 Å². The lowest BCUT2D eigenvalue weighted by Crippen LogP contribution is -2.24. The Morgan fingerprint density at radius 3 is 2.76 bits per heavy atom. The van der Waals surface area contributed by atoms with Crippen LogP contribution in [0, 0.1) is 6.92 Å². The molecule has 0 saturated carbocycles. The molecule has 0 spiro atoms. The molecule has 1 N–H and O–H groups in total. The van der Waals surface area contributed by atoms with Crippen molar-refractivity contribution in [2.24, 2.45) is 0 Å². The van der Waals surface area contributed by atoms with Crippen LogP contribution >= 0.6 is 0 Å². The SMILES string of the molecule is Cc1ccc2nc([C@H]3CC(=O)N(Cc4ccccc4)C3)[nH]c(=O)c2c1. The summed E-state index contributed by atoms with van der Waals surface area (Å²) in [5.74, 6) is 0.625. The first-order valence-corrected chi connectivity index (χ1v) is 8.42. The number of amides is 1. The van der Waals surface area contributed by atoms with Crippen LogP contribution in [0.1, 0.15) is 29.3 Å². The molecule has 1 saturated heterocycles. The zero-order valence-electron chi connectivity index (χ0n) is 14.0. The number of hydrogen-bond acceptors (Lipinski definition) is 3. The van der Waals surface area contributed by atoms with Crippen LogP contribution in [-0.2, 0) is 11.3 Å². The average molecular weight is 333 g/mol. The maximum atomic E-state index is 12.4. The van der Waals surface area contributed by atoms with Gasteiger partial charge in [-0.25, -0.2) is 4.98 Å². The average Bonchev–Trinajstić information content (AvgIpc) is 2.97. The zero-order valence-corrected chi connectivity index (χ0v) is 14.0. The monoisotopic (exact) mass is 333 g/mol. The van der Waals surface area contributed by atoms with Crippen LogP contribution in [0.25, 0.3) is 10.9 Å². The third-order valence-electron chi connectivity index (χ3n) is 4.70. The molecule has 1 atom stereocenters. The number of hydrogen-bond donors (Lipinski definition) is 1. The van der Waals surface area contributed by atoms with Gasteiger partial charge in [0.25, 0.3) is 5.56 Å². The summed E-state index contributed by atoms with van der Waals surface area (Å²) in [6, 6.07) is 15.6. The Morgan fingerprint density at radius 1 is 1.16 bits per heavy atom. The molecule has 25 heavy (non-hydrogen) atoms. The normalized spacial score (nSPS) is 17.4. The van der Waals surface area contributed by atoms with E-state index >= 15 is 0 Å². The van der Waals surface area contributed by atoms with Gasteiger partial charge in [0, 0.05) is 25.4 Å². The summed E-state index contributed by atoms with van der Waals surface area (Å²) < 4.78 is 0. The second-order valence-electron chi connectivity index (χ2n) is 6.63. The maximum Gasteiger partial charge on any atom is 0.258 e. The number of nitrogens with one attached hydrogen (secondary N) is 1. The maximum absolute atomic E-state index is 12.4. The van der Waals surface area contributed by atoms with Crippen molar-refractivity contribution in [2.45, 2.75) is 25.8 Å². The minimum absolute atomic E-state index is 0.0744. The van der Waals surface area contributed by atoms with Gasteiger partial charge in [-0.15, -0.1) is 0 Å². The van der Waals surface area contributed by atoms with E-state index in [4.69, 9.17) is 0 Å². The van der Waals surface area contributed by atoms with Crippen molar-refractivity contribution in [1.82, 2.24) is 14.9 Å². The molecule has 0 radical (unpaired) electrons. The van der Waals surface area contributed by atoms with E-state index in [2.05, 4.69) is 9.97 Å². The van der Waals surface area contributed by atoms with Gasteiger partial charge in [-0.1, -0.05) is 42.0 Å². The number of likely N-dealkylation sites (tertiary alicyclic amines) is 1. The van der Waals surface area contributed by atoms with Gasteiger partial charge in [-0.3, -0.25) is 9.59 Å². The van der Waals surface area contributed by atoms with Gasteiger partial charge in [-0.2, -0.15) is 0 Å². The van der Waals surface area contributed by atoms with Crippen molar-refractivity contribution in [3.63, 3.8) is 0 Å². The highest BCUT2D eigenvalue weighted by Gasteiger charge is 2.32. The molecule has 1 aliphatic rings. The van der Waals surface area contributed by atoms with Crippen LogP contribution in [0.4, 0.5) is 0 Å². The van der Waals surface area contributed by atoms with Crippen LogP contribution < -0.4 is 5.56 Å². The predicted molar refractivity (Wildman–Crippen MR) is 96.3 cm³/mol. The lowest BCUT2D eigenvalue weighted by Gasteiger charge is -2.16. The summed E-state index contributed by atoms with van der Waals surface area (Å²) in [7, 11) is 0. The number of aromatic amines is 1. The first-order valence-electron chi connectivity index (χ1n) is 8.42. The minimum Gasteiger partial charge on any atom is -0.338 e. The number of aromatic nitrogens is 2. The molecule has 2 aromatic carbocycles. The summed E-state index contributed by atoms with van der Waals surface area (Å²) >= 11 is 0. The molecule has 126 valence electrons. The highest BCUT2D eigenvalue weighted by molar-refractivity contribution is 5.80. The zero-order chi connectivity index (χ0) is 17.4. The summed E-state index contributed by atoms with van der Waals surface area (Å²) in [5, 5.41) is 0.592. The fourth-order valence-electron chi connectivity index (χ4n) is 3.38. The van der Waals surface area contributed by atoms with Crippen molar-refractivity contribution in [2.75, 3.05) is 6.54 Å². The van der Waals surface area contributed by atoms with Gasteiger partial charge in [0.15, 0.2) is 0 Å². The molecule has 0 unspecified atom stereocenters. The van der Waals surface area contributed by atoms with Crippen LogP contribution in [0.5, 0.6) is 0 Å². The van der Waals surface area contributed by atoms with E-state index in [-0.39, 0.29) is 17.4 Å². The van der Waals surface area contributed by atoms with Crippen LogP contribution in [0.3, 0.4) is 0 Å². The molecule has 4 rings (SSSR count). The number of rotatable bonds is 3. The number of benzene rings is 2. The Morgan fingerprint density at radius 2 is 1.96 bits per heavy atom. The van der Waals surface area contributed by atoms with Crippen LogP contribution in [0.15, 0.2) is 53.3 Å². The second-order valence-corrected chi connectivity index (χ2v) is 6.63. The Labute approximate surface area is 145 Å². The fourth-order valence-corrected chi connectivity index (χ4v) is 3.38. The molecule has 2 heterocycles. The number of aryl methyl sites for hydroxylation is 1. The summed E-state index contributed by atoms with van der Waals surface area (Å²) in [5.41, 5.74) is 2.67. The molecule has 0 bridgehead atoms. The molecular formula is C20H19N3O2. The van der Waals surface area contributed by atoms with Gasteiger partial charge in [0.1, 0.15) is 5.82 Å². The summed E-state index contributed by atoms with van der Waals surface area (Å²) in [6.07, 6.45) is 0.382. The minimum atomic E-state index is -0.141.